The molecular formula is C21H29N5O2S. The average Bonchev–Trinajstić information content (AvgIpc) is 3.33. The van der Waals surface area contributed by atoms with E-state index < -0.39 is 0 Å². The zero-order chi connectivity index (χ0) is 20.1. The molecule has 0 aliphatic carbocycles. The number of rotatable bonds is 6. The van der Waals surface area contributed by atoms with Gasteiger partial charge in [-0.05, 0) is 24.3 Å². The van der Waals surface area contributed by atoms with Crippen molar-refractivity contribution >= 4 is 28.1 Å². The number of anilines is 2. The van der Waals surface area contributed by atoms with Gasteiger partial charge in [-0.3, -0.25) is 9.69 Å². The molecule has 0 N–H and O–H groups in total. The molecule has 3 heterocycles. The van der Waals surface area contributed by atoms with E-state index in [1.54, 1.807) is 18.4 Å². The zero-order valence-electron chi connectivity index (χ0n) is 17.0. The molecule has 2 aliphatic heterocycles. The fraction of sp³-hybridized carbons (Fsp3) is 0.524. The molecule has 156 valence electrons. The van der Waals surface area contributed by atoms with E-state index in [9.17, 15) is 4.79 Å². The molecule has 0 saturated carbocycles. The Morgan fingerprint density at radius 2 is 1.69 bits per heavy atom. The molecule has 0 spiro atoms. The molecule has 8 heteroatoms. The van der Waals surface area contributed by atoms with E-state index in [1.165, 1.54) is 5.69 Å². The molecule has 29 heavy (non-hydrogen) atoms. The Bertz CT molecular complexity index is 767. The molecule has 2 aromatic rings. The maximum atomic E-state index is 12.7. The second-order valence-electron chi connectivity index (χ2n) is 7.46. The number of carbonyl (C=O) groups excluding carboxylic acids is 1. The van der Waals surface area contributed by atoms with Gasteiger partial charge in [0.2, 0.25) is 5.91 Å². The van der Waals surface area contributed by atoms with Crippen LogP contribution in [0.1, 0.15) is 6.42 Å². The number of aromatic nitrogens is 1. The minimum absolute atomic E-state index is 0.279. The number of methoxy groups -OCH3 is 1. The summed E-state index contributed by atoms with van der Waals surface area (Å²) in [5.74, 6) is 1.15. The number of amides is 1. The van der Waals surface area contributed by atoms with Crippen molar-refractivity contribution in [3.05, 3.63) is 35.8 Å². The van der Waals surface area contributed by atoms with Crippen LogP contribution in [-0.4, -0.2) is 86.7 Å². The predicted octanol–water partition coefficient (Wildman–Crippen LogP) is 2.01. The second kappa shape index (κ2) is 9.45. The van der Waals surface area contributed by atoms with E-state index in [-0.39, 0.29) is 5.91 Å². The molecule has 1 aromatic heterocycles. The summed E-state index contributed by atoms with van der Waals surface area (Å²) >= 11 is 1.69. The topological polar surface area (TPSA) is 52.2 Å². The summed E-state index contributed by atoms with van der Waals surface area (Å²) in [6.45, 7) is 8.17. The first-order chi connectivity index (χ1) is 14.2. The number of nitrogens with zero attached hydrogens (tertiary/aromatic N) is 5. The molecule has 0 unspecified atom stereocenters. The van der Waals surface area contributed by atoms with Gasteiger partial charge in [-0.2, -0.15) is 0 Å². The van der Waals surface area contributed by atoms with Crippen molar-refractivity contribution in [3.63, 3.8) is 0 Å². The Morgan fingerprint density at radius 1 is 1.00 bits per heavy atom. The van der Waals surface area contributed by atoms with Crippen LogP contribution >= 0.6 is 11.3 Å². The number of carbonyl (C=O) groups is 1. The summed E-state index contributed by atoms with van der Waals surface area (Å²) < 4.78 is 5.23. The van der Waals surface area contributed by atoms with Gasteiger partial charge >= 0.3 is 0 Å². The number of ether oxygens (including phenoxy) is 1. The van der Waals surface area contributed by atoms with Crippen LogP contribution in [0.2, 0.25) is 0 Å². The van der Waals surface area contributed by atoms with Gasteiger partial charge in [0, 0.05) is 82.6 Å². The van der Waals surface area contributed by atoms with E-state index in [0.29, 0.717) is 6.42 Å². The SMILES string of the molecule is COc1ccc(N2CCN(C(=O)CCN3CCN(c4nccs4)CC3)CC2)cc1. The van der Waals surface area contributed by atoms with Crippen LogP contribution in [0.5, 0.6) is 5.75 Å². The summed E-state index contributed by atoms with van der Waals surface area (Å²) in [4.78, 5) is 26.1. The van der Waals surface area contributed by atoms with Gasteiger partial charge in [0.1, 0.15) is 5.75 Å². The maximum Gasteiger partial charge on any atom is 0.223 e. The van der Waals surface area contributed by atoms with Crippen LogP contribution in [0.25, 0.3) is 0 Å². The van der Waals surface area contributed by atoms with Crippen molar-refractivity contribution < 1.29 is 9.53 Å². The molecule has 0 bridgehead atoms. The van der Waals surface area contributed by atoms with Gasteiger partial charge in [-0.25, -0.2) is 4.98 Å². The van der Waals surface area contributed by atoms with Crippen molar-refractivity contribution in [3.8, 4) is 5.75 Å². The Hall–Kier alpha value is -2.32. The lowest BCUT2D eigenvalue weighted by Gasteiger charge is -2.37. The standard InChI is InChI=1S/C21H29N5O2S/c1-28-19-4-2-18(3-5-19)24-13-15-25(16-14-24)20(27)6-8-23-9-11-26(12-10-23)21-22-7-17-29-21/h2-5,7,17H,6,8-16H2,1H3. The van der Waals surface area contributed by atoms with E-state index in [0.717, 1.165) is 69.8 Å². The summed E-state index contributed by atoms with van der Waals surface area (Å²) in [5, 5.41) is 3.13. The molecule has 0 radical (unpaired) electrons. The van der Waals surface area contributed by atoms with E-state index in [1.807, 2.05) is 28.6 Å². The van der Waals surface area contributed by atoms with E-state index >= 15 is 0 Å². The molecule has 1 amide bonds. The Labute approximate surface area is 176 Å². The monoisotopic (exact) mass is 415 g/mol. The smallest absolute Gasteiger partial charge is 0.223 e. The van der Waals surface area contributed by atoms with Crippen LogP contribution < -0.4 is 14.5 Å². The summed E-state index contributed by atoms with van der Waals surface area (Å²) in [6.07, 6.45) is 2.47. The van der Waals surface area contributed by atoms with Crippen LogP contribution in [0, 0.1) is 0 Å². The number of hydrogen-bond acceptors (Lipinski definition) is 7. The van der Waals surface area contributed by atoms with Gasteiger partial charge in [0.15, 0.2) is 5.13 Å². The van der Waals surface area contributed by atoms with Crippen LogP contribution in [0.3, 0.4) is 0 Å². The number of hydrogen-bond donors (Lipinski definition) is 0. The molecule has 2 fully saturated rings. The first kappa shape index (κ1) is 20.0. The number of thiazole rings is 1. The Morgan fingerprint density at radius 3 is 2.31 bits per heavy atom. The molecule has 0 atom stereocenters. The minimum atomic E-state index is 0.279. The van der Waals surface area contributed by atoms with E-state index in [4.69, 9.17) is 4.74 Å². The molecule has 1 aromatic carbocycles. The molecular weight excluding hydrogens is 386 g/mol. The van der Waals surface area contributed by atoms with Crippen molar-refractivity contribution in [1.29, 1.82) is 0 Å². The van der Waals surface area contributed by atoms with Crippen molar-refractivity contribution in [2.45, 2.75) is 6.42 Å². The van der Waals surface area contributed by atoms with Crippen molar-refractivity contribution in [2.75, 3.05) is 75.8 Å². The largest absolute Gasteiger partial charge is 0.497 e. The highest BCUT2D eigenvalue weighted by atomic mass is 32.1. The molecule has 4 rings (SSSR count). The van der Waals surface area contributed by atoms with Crippen molar-refractivity contribution in [2.24, 2.45) is 0 Å². The summed E-state index contributed by atoms with van der Waals surface area (Å²) in [6, 6.07) is 8.14. The van der Waals surface area contributed by atoms with Gasteiger partial charge in [0.25, 0.3) is 0 Å². The lowest BCUT2D eigenvalue weighted by atomic mass is 10.2. The highest BCUT2D eigenvalue weighted by Gasteiger charge is 2.23. The third kappa shape index (κ3) is 5.00. The molecule has 7 nitrogen and oxygen atoms in total. The predicted molar refractivity (Wildman–Crippen MR) is 117 cm³/mol. The fourth-order valence-corrected chi connectivity index (χ4v) is 4.65. The molecule has 2 aliphatic rings. The first-order valence-electron chi connectivity index (χ1n) is 10.3. The lowest BCUT2D eigenvalue weighted by molar-refractivity contribution is -0.131. The van der Waals surface area contributed by atoms with E-state index in [2.05, 4.69) is 31.8 Å². The summed E-state index contributed by atoms with van der Waals surface area (Å²) in [5.41, 5.74) is 1.19. The Balaban J connectivity index is 1.17. The Kier molecular flexibility index (Phi) is 6.51. The van der Waals surface area contributed by atoms with Crippen molar-refractivity contribution in [1.82, 2.24) is 14.8 Å². The zero-order valence-corrected chi connectivity index (χ0v) is 17.8. The summed E-state index contributed by atoms with van der Waals surface area (Å²) in [7, 11) is 1.68. The average molecular weight is 416 g/mol. The second-order valence-corrected chi connectivity index (χ2v) is 8.33. The van der Waals surface area contributed by atoms with Gasteiger partial charge in [-0.15, -0.1) is 11.3 Å². The van der Waals surface area contributed by atoms with Crippen LogP contribution in [0.4, 0.5) is 10.8 Å². The quantitative estimate of drug-likeness (QED) is 0.720. The highest BCUT2D eigenvalue weighted by Crippen LogP contribution is 2.21. The normalized spacial score (nSPS) is 18.2. The number of piperazine rings is 2. The number of benzene rings is 1. The fourth-order valence-electron chi connectivity index (χ4n) is 3.95. The minimum Gasteiger partial charge on any atom is -0.497 e. The first-order valence-corrected chi connectivity index (χ1v) is 11.1. The van der Waals surface area contributed by atoms with Crippen LogP contribution in [0.15, 0.2) is 35.8 Å². The van der Waals surface area contributed by atoms with Gasteiger partial charge < -0.3 is 19.4 Å². The van der Waals surface area contributed by atoms with Crippen LogP contribution in [-0.2, 0) is 4.79 Å². The van der Waals surface area contributed by atoms with Gasteiger partial charge in [0.05, 0.1) is 7.11 Å². The van der Waals surface area contributed by atoms with Gasteiger partial charge in [-0.1, -0.05) is 0 Å². The lowest BCUT2D eigenvalue weighted by Crippen LogP contribution is -2.50. The highest BCUT2D eigenvalue weighted by molar-refractivity contribution is 7.13. The molecule has 2 saturated heterocycles. The third-order valence-corrected chi connectivity index (χ3v) is 6.61. The third-order valence-electron chi connectivity index (χ3n) is 5.77. The maximum absolute atomic E-state index is 12.7.